The van der Waals surface area contributed by atoms with Gasteiger partial charge >= 0.3 is 0 Å². The molecule has 0 radical (unpaired) electrons. The number of carbonyl (C=O) groups is 1. The van der Waals surface area contributed by atoms with Crippen LogP contribution in [0.25, 0.3) is 0 Å². The third-order valence-corrected chi connectivity index (χ3v) is 4.04. The minimum atomic E-state index is -0.462. The average Bonchev–Trinajstić information content (AvgIpc) is 3.05. The molecule has 1 unspecified atom stereocenters. The number of nitrogens with zero attached hydrogens (tertiary/aromatic N) is 2. The molecule has 0 aliphatic rings. The van der Waals surface area contributed by atoms with Crippen LogP contribution >= 0.6 is 11.6 Å². The van der Waals surface area contributed by atoms with E-state index >= 15 is 0 Å². The summed E-state index contributed by atoms with van der Waals surface area (Å²) in [5.41, 5.74) is 0.836. The topological polar surface area (TPSA) is 56.2 Å². The fraction of sp³-hybridized carbons (Fsp3) is 0.158. The summed E-state index contributed by atoms with van der Waals surface area (Å²) in [5, 5.41) is 3.50. The van der Waals surface area contributed by atoms with E-state index in [1.54, 1.807) is 30.6 Å². The van der Waals surface area contributed by atoms with Gasteiger partial charge in [-0.25, -0.2) is 9.37 Å². The van der Waals surface area contributed by atoms with Crippen molar-refractivity contribution in [1.29, 1.82) is 0 Å². The number of hydrogen-bond donors (Lipinski definition) is 1. The SMILES string of the molecule is Cn1ccnc1C(NC(=O)COc1cccc(F)c1)c1ccc(Cl)cc1. The highest BCUT2D eigenvalue weighted by molar-refractivity contribution is 6.30. The summed E-state index contributed by atoms with van der Waals surface area (Å²) in [4.78, 5) is 16.7. The lowest BCUT2D eigenvalue weighted by Gasteiger charge is -2.19. The predicted molar refractivity (Wildman–Crippen MR) is 96.5 cm³/mol. The number of rotatable bonds is 6. The standard InChI is InChI=1S/C19H17ClFN3O2/c1-24-10-9-22-19(24)18(13-5-7-14(20)8-6-13)23-17(25)12-26-16-4-2-3-15(21)11-16/h2-11,18H,12H2,1H3,(H,23,25). The highest BCUT2D eigenvalue weighted by Gasteiger charge is 2.21. The molecular weight excluding hydrogens is 357 g/mol. The summed E-state index contributed by atoms with van der Waals surface area (Å²) >= 11 is 5.95. The van der Waals surface area contributed by atoms with Gasteiger partial charge in [0.1, 0.15) is 23.4 Å². The molecule has 1 heterocycles. The van der Waals surface area contributed by atoms with Gasteiger partial charge in [-0.1, -0.05) is 29.8 Å². The van der Waals surface area contributed by atoms with Gasteiger partial charge in [-0.15, -0.1) is 0 Å². The molecule has 0 aliphatic carbocycles. The van der Waals surface area contributed by atoms with Crippen molar-refractivity contribution in [3.8, 4) is 5.75 Å². The molecule has 0 saturated carbocycles. The maximum Gasteiger partial charge on any atom is 0.258 e. The molecular formula is C19H17ClFN3O2. The Hall–Kier alpha value is -2.86. The van der Waals surface area contributed by atoms with Gasteiger partial charge in [0.25, 0.3) is 5.91 Å². The molecule has 1 aromatic heterocycles. The van der Waals surface area contributed by atoms with Crippen LogP contribution in [-0.2, 0) is 11.8 Å². The largest absolute Gasteiger partial charge is 0.484 e. The van der Waals surface area contributed by atoms with Crippen LogP contribution in [0.2, 0.25) is 5.02 Å². The highest BCUT2D eigenvalue weighted by atomic mass is 35.5. The van der Waals surface area contributed by atoms with Gasteiger partial charge in [0.2, 0.25) is 0 Å². The Balaban J connectivity index is 1.74. The monoisotopic (exact) mass is 373 g/mol. The molecule has 0 bridgehead atoms. The average molecular weight is 374 g/mol. The molecule has 1 amide bonds. The first-order chi connectivity index (χ1) is 12.5. The fourth-order valence-corrected chi connectivity index (χ4v) is 2.64. The summed E-state index contributed by atoms with van der Waals surface area (Å²) in [5.74, 6) is 0.193. The third-order valence-electron chi connectivity index (χ3n) is 3.79. The minimum absolute atomic E-state index is 0.238. The predicted octanol–water partition coefficient (Wildman–Crippen LogP) is 3.50. The smallest absolute Gasteiger partial charge is 0.258 e. The van der Waals surface area contributed by atoms with Crippen LogP contribution in [-0.4, -0.2) is 22.1 Å². The Morgan fingerprint density at radius 2 is 2.08 bits per heavy atom. The molecule has 3 aromatic rings. The van der Waals surface area contributed by atoms with Crippen molar-refractivity contribution >= 4 is 17.5 Å². The van der Waals surface area contributed by atoms with Crippen LogP contribution in [0.4, 0.5) is 4.39 Å². The number of benzene rings is 2. The number of aromatic nitrogens is 2. The van der Waals surface area contributed by atoms with E-state index in [-0.39, 0.29) is 12.5 Å². The van der Waals surface area contributed by atoms with Crippen LogP contribution in [0.1, 0.15) is 17.4 Å². The lowest BCUT2D eigenvalue weighted by Crippen LogP contribution is -2.34. The number of imidazole rings is 1. The first-order valence-corrected chi connectivity index (χ1v) is 8.31. The number of amides is 1. The van der Waals surface area contributed by atoms with E-state index in [4.69, 9.17) is 16.3 Å². The highest BCUT2D eigenvalue weighted by Crippen LogP contribution is 2.22. The minimum Gasteiger partial charge on any atom is -0.484 e. The molecule has 0 fully saturated rings. The van der Waals surface area contributed by atoms with E-state index in [2.05, 4.69) is 10.3 Å². The van der Waals surface area contributed by atoms with Crippen LogP contribution < -0.4 is 10.1 Å². The maximum absolute atomic E-state index is 13.2. The van der Waals surface area contributed by atoms with E-state index < -0.39 is 11.9 Å². The second kappa shape index (κ2) is 8.01. The number of nitrogens with one attached hydrogen (secondary N) is 1. The molecule has 3 rings (SSSR count). The van der Waals surface area contributed by atoms with Crippen molar-refractivity contribution < 1.29 is 13.9 Å². The Morgan fingerprint density at radius 3 is 2.73 bits per heavy atom. The van der Waals surface area contributed by atoms with Crippen molar-refractivity contribution in [1.82, 2.24) is 14.9 Å². The lowest BCUT2D eigenvalue weighted by atomic mass is 10.1. The number of carbonyl (C=O) groups excluding carboxylic acids is 1. The van der Waals surface area contributed by atoms with Crippen molar-refractivity contribution in [3.63, 3.8) is 0 Å². The molecule has 1 N–H and O–H groups in total. The summed E-state index contributed by atoms with van der Waals surface area (Å²) in [6.45, 7) is -0.238. The van der Waals surface area contributed by atoms with Gasteiger partial charge in [-0.2, -0.15) is 0 Å². The Kier molecular flexibility index (Phi) is 5.53. The first kappa shape index (κ1) is 17.9. The first-order valence-electron chi connectivity index (χ1n) is 7.93. The molecule has 1 atom stereocenters. The Morgan fingerprint density at radius 1 is 1.31 bits per heavy atom. The van der Waals surface area contributed by atoms with Crippen molar-refractivity contribution in [3.05, 3.63) is 83.2 Å². The van der Waals surface area contributed by atoms with Crippen molar-refractivity contribution in [2.75, 3.05) is 6.61 Å². The van der Waals surface area contributed by atoms with Crippen molar-refractivity contribution in [2.24, 2.45) is 7.05 Å². The second-order valence-corrected chi connectivity index (χ2v) is 6.13. The van der Waals surface area contributed by atoms with E-state index in [1.165, 1.54) is 18.2 Å². The number of aryl methyl sites for hydroxylation is 1. The molecule has 7 heteroatoms. The molecule has 0 aliphatic heterocycles. The zero-order chi connectivity index (χ0) is 18.5. The fourth-order valence-electron chi connectivity index (χ4n) is 2.52. The number of ether oxygens (including phenoxy) is 1. The molecule has 134 valence electrons. The zero-order valence-corrected chi connectivity index (χ0v) is 14.8. The molecule has 2 aromatic carbocycles. The van der Waals surface area contributed by atoms with Gasteiger partial charge in [0.05, 0.1) is 0 Å². The quantitative estimate of drug-likeness (QED) is 0.719. The summed E-state index contributed by atoms with van der Waals surface area (Å²) < 4.78 is 20.4. The summed E-state index contributed by atoms with van der Waals surface area (Å²) in [7, 11) is 1.85. The van der Waals surface area contributed by atoms with E-state index in [9.17, 15) is 9.18 Å². The molecule has 5 nitrogen and oxygen atoms in total. The Bertz CT molecular complexity index is 896. The van der Waals surface area contributed by atoms with Crippen molar-refractivity contribution in [2.45, 2.75) is 6.04 Å². The maximum atomic E-state index is 13.2. The van der Waals surface area contributed by atoms with E-state index in [1.807, 2.05) is 23.7 Å². The van der Waals surface area contributed by atoms with Crippen LogP contribution in [0.5, 0.6) is 5.75 Å². The van der Waals surface area contributed by atoms with Gasteiger partial charge in [0, 0.05) is 30.5 Å². The summed E-state index contributed by atoms with van der Waals surface area (Å²) in [6, 6.07) is 12.3. The van der Waals surface area contributed by atoms with Crippen LogP contribution in [0.15, 0.2) is 60.9 Å². The van der Waals surface area contributed by atoms with Gasteiger partial charge in [-0.3, -0.25) is 4.79 Å². The van der Waals surface area contributed by atoms with E-state index in [0.717, 1.165) is 5.56 Å². The van der Waals surface area contributed by atoms with Crippen LogP contribution in [0.3, 0.4) is 0 Å². The molecule has 26 heavy (non-hydrogen) atoms. The normalized spacial score (nSPS) is 11.8. The lowest BCUT2D eigenvalue weighted by molar-refractivity contribution is -0.123. The second-order valence-electron chi connectivity index (χ2n) is 5.69. The van der Waals surface area contributed by atoms with Gasteiger partial charge in [-0.05, 0) is 29.8 Å². The number of halogens is 2. The van der Waals surface area contributed by atoms with E-state index in [0.29, 0.717) is 16.6 Å². The summed E-state index contributed by atoms with van der Waals surface area (Å²) in [6.07, 6.45) is 3.46. The molecule has 0 spiro atoms. The zero-order valence-electron chi connectivity index (χ0n) is 14.0. The van der Waals surface area contributed by atoms with Gasteiger partial charge in [0.15, 0.2) is 6.61 Å². The molecule has 0 saturated heterocycles. The van der Waals surface area contributed by atoms with Crippen LogP contribution in [0, 0.1) is 5.82 Å². The number of hydrogen-bond acceptors (Lipinski definition) is 3. The van der Waals surface area contributed by atoms with Gasteiger partial charge < -0.3 is 14.6 Å². The third kappa shape index (κ3) is 4.40. The Labute approximate surface area is 155 Å².